The third-order valence-electron chi connectivity index (χ3n) is 3.13. The molecule has 0 saturated heterocycles. The SMILES string of the molecule is CCC(=O)N1CCCC(N)c2ccccc21. The maximum Gasteiger partial charge on any atom is 0.226 e. The molecule has 3 heteroatoms. The van der Waals surface area contributed by atoms with Gasteiger partial charge in [-0.15, -0.1) is 0 Å². The highest BCUT2D eigenvalue weighted by molar-refractivity contribution is 5.94. The van der Waals surface area contributed by atoms with Gasteiger partial charge < -0.3 is 10.6 Å². The Hall–Kier alpha value is -1.35. The summed E-state index contributed by atoms with van der Waals surface area (Å²) in [7, 11) is 0. The van der Waals surface area contributed by atoms with E-state index in [1.54, 1.807) is 0 Å². The summed E-state index contributed by atoms with van der Waals surface area (Å²) in [6, 6.07) is 8.03. The number of hydrogen-bond acceptors (Lipinski definition) is 2. The molecule has 1 aromatic carbocycles. The second-order valence-corrected chi connectivity index (χ2v) is 4.21. The summed E-state index contributed by atoms with van der Waals surface area (Å²) in [6.07, 6.45) is 2.47. The molecule has 16 heavy (non-hydrogen) atoms. The summed E-state index contributed by atoms with van der Waals surface area (Å²) in [5.41, 5.74) is 8.21. The zero-order valence-corrected chi connectivity index (χ0v) is 9.65. The molecular formula is C13H18N2O. The molecule has 86 valence electrons. The van der Waals surface area contributed by atoms with Crippen molar-refractivity contribution in [1.29, 1.82) is 0 Å². The van der Waals surface area contributed by atoms with E-state index in [0.717, 1.165) is 30.6 Å². The summed E-state index contributed by atoms with van der Waals surface area (Å²) in [5, 5.41) is 0. The van der Waals surface area contributed by atoms with Crippen LogP contribution in [-0.4, -0.2) is 12.5 Å². The molecule has 1 heterocycles. The summed E-state index contributed by atoms with van der Waals surface area (Å²) < 4.78 is 0. The predicted molar refractivity (Wildman–Crippen MR) is 65.2 cm³/mol. The Bertz CT molecular complexity index is 389. The molecule has 0 spiro atoms. The lowest BCUT2D eigenvalue weighted by atomic mass is 10.0. The number of fused-ring (bicyclic) bond motifs is 1. The first-order valence-corrected chi connectivity index (χ1v) is 5.89. The third kappa shape index (κ3) is 1.95. The molecule has 0 radical (unpaired) electrons. The summed E-state index contributed by atoms with van der Waals surface area (Å²) in [5.74, 6) is 0.182. The van der Waals surface area contributed by atoms with E-state index in [1.165, 1.54) is 0 Å². The Labute approximate surface area is 96.2 Å². The molecule has 3 nitrogen and oxygen atoms in total. The fourth-order valence-corrected chi connectivity index (χ4v) is 2.24. The maximum absolute atomic E-state index is 11.9. The van der Waals surface area contributed by atoms with Crippen molar-refractivity contribution >= 4 is 11.6 Å². The van der Waals surface area contributed by atoms with E-state index in [9.17, 15) is 4.79 Å². The van der Waals surface area contributed by atoms with Crippen molar-refractivity contribution < 1.29 is 4.79 Å². The van der Waals surface area contributed by atoms with E-state index < -0.39 is 0 Å². The van der Waals surface area contributed by atoms with Gasteiger partial charge in [-0.05, 0) is 24.5 Å². The van der Waals surface area contributed by atoms with E-state index in [1.807, 2.05) is 36.1 Å². The summed E-state index contributed by atoms with van der Waals surface area (Å²) in [4.78, 5) is 13.8. The number of nitrogens with zero attached hydrogens (tertiary/aromatic N) is 1. The zero-order valence-electron chi connectivity index (χ0n) is 9.65. The quantitative estimate of drug-likeness (QED) is 0.785. The van der Waals surface area contributed by atoms with Gasteiger partial charge in [0.25, 0.3) is 0 Å². The highest BCUT2D eigenvalue weighted by atomic mass is 16.2. The molecular weight excluding hydrogens is 200 g/mol. The Balaban J connectivity index is 2.42. The molecule has 0 saturated carbocycles. The highest BCUT2D eigenvalue weighted by Crippen LogP contribution is 2.31. The molecule has 2 N–H and O–H groups in total. The van der Waals surface area contributed by atoms with Gasteiger partial charge >= 0.3 is 0 Å². The number of para-hydroxylation sites is 1. The smallest absolute Gasteiger partial charge is 0.226 e. The van der Waals surface area contributed by atoms with E-state index >= 15 is 0 Å². The van der Waals surface area contributed by atoms with Crippen molar-refractivity contribution in [2.24, 2.45) is 5.73 Å². The number of hydrogen-bond donors (Lipinski definition) is 1. The fourth-order valence-electron chi connectivity index (χ4n) is 2.24. The van der Waals surface area contributed by atoms with Gasteiger partial charge in [-0.25, -0.2) is 0 Å². The molecule has 1 aromatic rings. The molecule has 1 aliphatic rings. The lowest BCUT2D eigenvalue weighted by molar-refractivity contribution is -0.118. The molecule has 0 aliphatic carbocycles. The van der Waals surface area contributed by atoms with Crippen LogP contribution in [0.2, 0.25) is 0 Å². The highest BCUT2D eigenvalue weighted by Gasteiger charge is 2.23. The second kappa shape index (κ2) is 4.66. The standard InChI is InChI=1S/C13H18N2O/c1-2-13(16)15-9-5-7-11(14)10-6-3-4-8-12(10)15/h3-4,6,8,11H,2,5,7,9,14H2,1H3. The normalized spacial score (nSPS) is 20.1. The lowest BCUT2D eigenvalue weighted by Crippen LogP contribution is -2.30. The molecule has 1 amide bonds. The van der Waals surface area contributed by atoms with Gasteiger partial charge in [0.1, 0.15) is 0 Å². The molecule has 0 bridgehead atoms. The topological polar surface area (TPSA) is 46.3 Å². The van der Waals surface area contributed by atoms with Crippen LogP contribution < -0.4 is 10.6 Å². The number of rotatable bonds is 1. The second-order valence-electron chi connectivity index (χ2n) is 4.21. The lowest BCUT2D eigenvalue weighted by Gasteiger charge is -2.22. The minimum Gasteiger partial charge on any atom is -0.324 e. The molecule has 1 aliphatic heterocycles. The van der Waals surface area contributed by atoms with Gasteiger partial charge in [-0.2, -0.15) is 0 Å². The van der Waals surface area contributed by atoms with Crippen LogP contribution in [0.5, 0.6) is 0 Å². The molecule has 1 atom stereocenters. The van der Waals surface area contributed by atoms with Crippen LogP contribution in [0.15, 0.2) is 24.3 Å². The van der Waals surface area contributed by atoms with Crippen LogP contribution in [0.3, 0.4) is 0 Å². The Morgan fingerprint density at radius 3 is 3.00 bits per heavy atom. The molecule has 1 unspecified atom stereocenters. The Morgan fingerprint density at radius 1 is 1.50 bits per heavy atom. The number of carbonyl (C=O) groups excluding carboxylic acids is 1. The van der Waals surface area contributed by atoms with Crippen molar-refractivity contribution in [2.75, 3.05) is 11.4 Å². The average Bonchev–Trinajstić information content (AvgIpc) is 2.49. The molecule has 0 aromatic heterocycles. The van der Waals surface area contributed by atoms with Gasteiger partial charge in [0.2, 0.25) is 5.91 Å². The van der Waals surface area contributed by atoms with Gasteiger partial charge in [-0.3, -0.25) is 4.79 Å². The van der Waals surface area contributed by atoms with Crippen LogP contribution in [0, 0.1) is 0 Å². The van der Waals surface area contributed by atoms with E-state index in [2.05, 4.69) is 0 Å². The van der Waals surface area contributed by atoms with E-state index in [0.29, 0.717) is 6.42 Å². The van der Waals surface area contributed by atoms with Crippen molar-refractivity contribution in [1.82, 2.24) is 0 Å². The minimum absolute atomic E-state index is 0.0610. The first-order valence-electron chi connectivity index (χ1n) is 5.89. The van der Waals surface area contributed by atoms with Gasteiger partial charge in [0, 0.05) is 24.7 Å². The fraction of sp³-hybridized carbons (Fsp3) is 0.462. The van der Waals surface area contributed by atoms with Crippen molar-refractivity contribution in [2.45, 2.75) is 32.2 Å². The van der Waals surface area contributed by atoms with E-state index in [4.69, 9.17) is 5.73 Å². The van der Waals surface area contributed by atoms with Gasteiger partial charge in [-0.1, -0.05) is 25.1 Å². The van der Waals surface area contributed by atoms with Gasteiger partial charge in [0.15, 0.2) is 0 Å². The zero-order chi connectivity index (χ0) is 11.5. The van der Waals surface area contributed by atoms with Crippen LogP contribution >= 0.6 is 0 Å². The van der Waals surface area contributed by atoms with Crippen molar-refractivity contribution in [3.63, 3.8) is 0 Å². The number of anilines is 1. The number of amides is 1. The average molecular weight is 218 g/mol. The Kier molecular flexibility index (Phi) is 3.25. The third-order valence-corrected chi connectivity index (χ3v) is 3.13. The number of carbonyl (C=O) groups is 1. The number of benzene rings is 1. The monoisotopic (exact) mass is 218 g/mol. The molecule has 2 rings (SSSR count). The largest absolute Gasteiger partial charge is 0.324 e. The van der Waals surface area contributed by atoms with Crippen LogP contribution in [0.4, 0.5) is 5.69 Å². The number of nitrogens with two attached hydrogens (primary N) is 1. The van der Waals surface area contributed by atoms with Crippen molar-refractivity contribution in [3.05, 3.63) is 29.8 Å². The molecule has 0 fully saturated rings. The van der Waals surface area contributed by atoms with Crippen molar-refractivity contribution in [3.8, 4) is 0 Å². The Morgan fingerprint density at radius 2 is 2.25 bits per heavy atom. The van der Waals surface area contributed by atoms with E-state index in [-0.39, 0.29) is 11.9 Å². The minimum atomic E-state index is 0.0610. The summed E-state index contributed by atoms with van der Waals surface area (Å²) in [6.45, 7) is 2.69. The predicted octanol–water partition coefficient (Wildman–Crippen LogP) is 2.22. The maximum atomic E-state index is 11.9. The first-order chi connectivity index (χ1) is 7.74. The first kappa shape index (κ1) is 11.1. The summed E-state index contributed by atoms with van der Waals surface area (Å²) >= 11 is 0. The van der Waals surface area contributed by atoms with Crippen LogP contribution in [0.1, 0.15) is 37.8 Å². The van der Waals surface area contributed by atoms with Gasteiger partial charge in [0.05, 0.1) is 0 Å². The van der Waals surface area contributed by atoms with Crippen LogP contribution in [0.25, 0.3) is 0 Å². The van der Waals surface area contributed by atoms with Crippen LogP contribution in [-0.2, 0) is 4.79 Å².